The lowest BCUT2D eigenvalue weighted by Gasteiger charge is -2.22. The van der Waals surface area contributed by atoms with Crippen molar-refractivity contribution in [1.82, 2.24) is 19.3 Å². The summed E-state index contributed by atoms with van der Waals surface area (Å²) in [6.45, 7) is 4.14. The number of hydrogen-bond donors (Lipinski definition) is 2. The van der Waals surface area contributed by atoms with Gasteiger partial charge in [-0.15, -0.1) is 0 Å². The second-order valence-electron chi connectivity index (χ2n) is 12.5. The fourth-order valence-electron chi connectivity index (χ4n) is 6.18. The van der Waals surface area contributed by atoms with Gasteiger partial charge in [-0.2, -0.15) is 13.2 Å². The van der Waals surface area contributed by atoms with E-state index in [2.05, 4.69) is 22.5 Å². The molecule has 248 valence electrons. The fourth-order valence-corrected chi connectivity index (χ4v) is 6.18. The smallest absolute Gasteiger partial charge is 0.417 e. The van der Waals surface area contributed by atoms with E-state index >= 15 is 8.78 Å². The molecule has 2 aromatic carbocycles. The number of carbonyl (C=O) groups is 2. The van der Waals surface area contributed by atoms with Gasteiger partial charge in [0, 0.05) is 54.5 Å². The van der Waals surface area contributed by atoms with Crippen molar-refractivity contribution in [2.75, 3.05) is 18.5 Å². The van der Waals surface area contributed by atoms with E-state index in [1.165, 1.54) is 34.9 Å². The molecule has 1 aliphatic carbocycles. The molecule has 3 aromatic heterocycles. The minimum absolute atomic E-state index is 0.0102. The Hall–Kier alpha value is -5.04. The summed E-state index contributed by atoms with van der Waals surface area (Å²) >= 11 is 0. The number of nitrogens with zero attached hydrogens (tertiary/aromatic N) is 3. The first-order valence-electron chi connectivity index (χ1n) is 15.4. The molecule has 1 amide bonds. The van der Waals surface area contributed by atoms with Crippen LogP contribution in [0.5, 0.6) is 5.75 Å². The first kappa shape index (κ1) is 31.6. The molecule has 0 saturated heterocycles. The van der Waals surface area contributed by atoms with Gasteiger partial charge in [0.05, 0.1) is 28.9 Å². The summed E-state index contributed by atoms with van der Waals surface area (Å²) < 4.78 is 83.3. The average molecular weight is 664 g/mol. The number of imidazole rings is 1. The number of amides is 1. The second-order valence-corrected chi connectivity index (χ2v) is 12.5. The fraction of sp³-hybridized carbons (Fsp3) is 0.286. The van der Waals surface area contributed by atoms with Crippen LogP contribution in [0.1, 0.15) is 52.8 Å². The van der Waals surface area contributed by atoms with Crippen LogP contribution in [0, 0.1) is 18.6 Å². The Kier molecular flexibility index (Phi) is 7.42. The van der Waals surface area contributed by atoms with E-state index in [4.69, 9.17) is 4.74 Å². The van der Waals surface area contributed by atoms with E-state index in [1.54, 1.807) is 24.6 Å². The van der Waals surface area contributed by atoms with Gasteiger partial charge in [-0.3, -0.25) is 9.59 Å². The summed E-state index contributed by atoms with van der Waals surface area (Å²) in [6.07, 6.45) is 1.77. The van der Waals surface area contributed by atoms with Crippen molar-refractivity contribution in [3.05, 3.63) is 94.6 Å². The summed E-state index contributed by atoms with van der Waals surface area (Å²) in [5.74, 6) is -3.33. The van der Waals surface area contributed by atoms with Crippen molar-refractivity contribution in [3.63, 3.8) is 0 Å². The van der Waals surface area contributed by atoms with E-state index in [1.807, 2.05) is 0 Å². The zero-order chi connectivity index (χ0) is 34.1. The quantitative estimate of drug-likeness (QED) is 0.112. The third-order valence-corrected chi connectivity index (χ3v) is 9.12. The third kappa shape index (κ3) is 5.41. The van der Waals surface area contributed by atoms with Crippen LogP contribution in [0.4, 0.5) is 27.6 Å². The van der Waals surface area contributed by atoms with Gasteiger partial charge in [0.25, 0.3) is 0 Å². The Morgan fingerprint density at radius 1 is 1.12 bits per heavy atom. The van der Waals surface area contributed by atoms with Crippen LogP contribution in [0.2, 0.25) is 0 Å². The molecule has 0 bridgehead atoms. The average Bonchev–Trinajstić information content (AvgIpc) is 3.54. The number of ether oxygens (including phenoxy) is 1. The van der Waals surface area contributed by atoms with Crippen LogP contribution in [0.3, 0.4) is 0 Å². The molecule has 0 unspecified atom stereocenters. The zero-order valence-corrected chi connectivity index (χ0v) is 26.2. The summed E-state index contributed by atoms with van der Waals surface area (Å²) in [7, 11) is 1.63. The highest BCUT2D eigenvalue weighted by atomic mass is 19.4. The number of alkyl halides is 3. The summed E-state index contributed by atoms with van der Waals surface area (Å²) in [4.78, 5) is 30.6. The lowest BCUT2D eigenvalue weighted by atomic mass is 9.94. The highest BCUT2D eigenvalue weighted by Crippen LogP contribution is 2.48. The number of hydrogen-bond acceptors (Lipinski definition) is 5. The Morgan fingerprint density at radius 2 is 1.85 bits per heavy atom. The summed E-state index contributed by atoms with van der Waals surface area (Å²) in [5.41, 5.74) is -0.563. The summed E-state index contributed by atoms with van der Waals surface area (Å²) in [5, 5.41) is 5.43. The van der Waals surface area contributed by atoms with Crippen molar-refractivity contribution in [2.45, 2.75) is 44.8 Å². The van der Waals surface area contributed by atoms with Gasteiger partial charge < -0.3 is 24.3 Å². The minimum atomic E-state index is -4.76. The number of nitrogens with one attached hydrogen (secondary N) is 2. The van der Waals surface area contributed by atoms with Gasteiger partial charge in [-0.25, -0.2) is 13.8 Å². The van der Waals surface area contributed by atoms with Crippen molar-refractivity contribution in [3.8, 4) is 16.9 Å². The molecule has 2 aliphatic rings. The van der Waals surface area contributed by atoms with Crippen molar-refractivity contribution >= 4 is 33.9 Å². The van der Waals surface area contributed by atoms with Crippen LogP contribution in [0.25, 0.3) is 27.7 Å². The van der Waals surface area contributed by atoms with E-state index in [-0.39, 0.29) is 57.7 Å². The van der Waals surface area contributed by atoms with Crippen molar-refractivity contribution in [1.29, 1.82) is 0 Å². The summed E-state index contributed by atoms with van der Waals surface area (Å²) in [6, 6.07) is 7.20. The predicted octanol–water partition coefficient (Wildman–Crippen LogP) is 6.90. The van der Waals surface area contributed by atoms with Crippen LogP contribution in [0.15, 0.2) is 54.7 Å². The zero-order valence-electron chi connectivity index (χ0n) is 26.2. The van der Waals surface area contributed by atoms with Gasteiger partial charge >= 0.3 is 6.18 Å². The van der Waals surface area contributed by atoms with Gasteiger partial charge in [0.1, 0.15) is 28.7 Å². The topological polar surface area (TPSA) is 89.7 Å². The van der Waals surface area contributed by atoms with E-state index < -0.39 is 40.8 Å². The molecule has 1 aliphatic heterocycles. The van der Waals surface area contributed by atoms with Crippen LogP contribution >= 0.6 is 0 Å². The second kappa shape index (κ2) is 11.3. The molecule has 1 fully saturated rings. The molecule has 13 heteroatoms. The van der Waals surface area contributed by atoms with Crippen LogP contribution < -0.4 is 15.4 Å². The lowest BCUT2D eigenvalue weighted by Crippen LogP contribution is -2.27. The lowest BCUT2D eigenvalue weighted by molar-refractivity contribution is -0.137. The standard InChI is InChI=1S/C35H30F5N5O3/c1-18-42-30-25(44(18)3)17-22(35(38,39)40)28-21-6-5-12-45-26(16-19(31(21)45)8-13-48-33(28)30)32(47)20-14-23(36)29(24(37)15-20)43-27(46)7-4-11-41-34(2)9-10-34/h4-7,12,14-17,41H,8-11,13H2,1-3H3,(H,43,46)/b7-4+. The highest BCUT2D eigenvalue weighted by molar-refractivity contribution is 6.10. The van der Waals surface area contributed by atoms with E-state index in [0.717, 1.165) is 31.0 Å². The van der Waals surface area contributed by atoms with Gasteiger partial charge in [0.2, 0.25) is 11.7 Å². The Bertz CT molecular complexity index is 2170. The van der Waals surface area contributed by atoms with Gasteiger partial charge in [0.15, 0.2) is 5.75 Å². The van der Waals surface area contributed by atoms with Gasteiger partial charge in [-0.1, -0.05) is 12.1 Å². The number of carbonyl (C=O) groups excluding carboxylic acids is 2. The molecule has 7 rings (SSSR count). The molecule has 0 spiro atoms. The molecular weight excluding hydrogens is 633 g/mol. The molecule has 0 atom stereocenters. The maximum absolute atomic E-state index is 15.2. The SMILES string of the molecule is Cc1nc2c3c(c(C(F)(F)F)cc2n1C)-c1cccn2c(C(=O)c4cc(F)c(NC(=O)/C=C/CNC5(C)CC5)c(F)c4)cc(c12)CCO3. The number of aryl methyl sites for hydroxylation is 2. The molecule has 5 aromatic rings. The third-order valence-electron chi connectivity index (χ3n) is 9.12. The van der Waals surface area contributed by atoms with Crippen molar-refractivity contribution in [2.24, 2.45) is 7.05 Å². The maximum atomic E-state index is 15.2. The predicted molar refractivity (Wildman–Crippen MR) is 169 cm³/mol. The number of fused-ring (bicyclic) bond motifs is 4. The molecule has 0 radical (unpaired) electrons. The largest absolute Gasteiger partial charge is 0.490 e. The molecule has 2 N–H and O–H groups in total. The Labute approximate surface area is 271 Å². The number of benzene rings is 2. The van der Waals surface area contributed by atoms with Crippen LogP contribution in [-0.2, 0) is 24.4 Å². The number of anilines is 1. The number of ketones is 1. The molecule has 4 heterocycles. The highest BCUT2D eigenvalue weighted by Gasteiger charge is 2.39. The van der Waals surface area contributed by atoms with Crippen molar-refractivity contribution < 1.29 is 36.3 Å². The number of halogens is 5. The number of rotatable bonds is 7. The van der Waals surface area contributed by atoms with Gasteiger partial charge in [-0.05, 0) is 62.6 Å². The molecule has 48 heavy (non-hydrogen) atoms. The first-order valence-corrected chi connectivity index (χ1v) is 15.4. The van der Waals surface area contributed by atoms with E-state index in [0.29, 0.717) is 23.4 Å². The molecular formula is C35H30F5N5O3. The normalized spacial score (nSPS) is 15.3. The first-order chi connectivity index (χ1) is 22.8. The Morgan fingerprint density at radius 3 is 2.54 bits per heavy atom. The Balaban J connectivity index is 1.27. The number of pyridine rings is 1. The van der Waals surface area contributed by atoms with E-state index in [9.17, 15) is 22.8 Å². The molecule has 1 saturated carbocycles. The minimum Gasteiger partial charge on any atom is -0.490 e. The maximum Gasteiger partial charge on any atom is 0.417 e. The van der Waals surface area contributed by atoms with Crippen LogP contribution in [-0.4, -0.2) is 44.3 Å². The number of aromatic nitrogens is 3. The monoisotopic (exact) mass is 663 g/mol. The molecule has 8 nitrogen and oxygen atoms in total.